The van der Waals surface area contributed by atoms with Crippen LogP contribution in [0.3, 0.4) is 0 Å². The zero-order chi connectivity index (χ0) is 9.78. The summed E-state index contributed by atoms with van der Waals surface area (Å²) < 4.78 is 6.27. The minimum Gasteiger partial charge on any atom is -0.328 e. The fourth-order valence-electron chi connectivity index (χ4n) is 0.544. The molecule has 0 aliphatic rings. The molecule has 0 aliphatic heterocycles. The summed E-state index contributed by atoms with van der Waals surface area (Å²) in [7, 11) is 6.21. The van der Waals surface area contributed by atoms with Gasteiger partial charge in [0.15, 0.2) is 6.23 Å². The van der Waals surface area contributed by atoms with Crippen LogP contribution >= 0.6 is 0 Å². The number of nitrogens with zero attached hydrogens (tertiary/aromatic N) is 2. The van der Waals surface area contributed by atoms with Gasteiger partial charge in [-0.3, -0.25) is 0 Å². The highest BCUT2D eigenvalue weighted by atomic mass is 16.5. The molecule has 0 spiro atoms. The van der Waals surface area contributed by atoms with Gasteiger partial charge >= 0.3 is 0 Å². The highest BCUT2D eigenvalue weighted by Crippen LogP contribution is 2.05. The molecule has 3 heteroatoms. The second-order valence-corrected chi connectivity index (χ2v) is 4.08. The van der Waals surface area contributed by atoms with Gasteiger partial charge in [-0.25, -0.2) is 0 Å². The summed E-state index contributed by atoms with van der Waals surface area (Å²) in [4.78, 5) is 0. The monoisotopic (exact) mass is 171 g/mol. The van der Waals surface area contributed by atoms with Gasteiger partial charge in [0, 0.05) is 6.92 Å². The van der Waals surface area contributed by atoms with Gasteiger partial charge in [0.2, 0.25) is 0 Å². The Bertz CT molecular complexity index is 166. The SMILES string of the molecule is CC(C#N)COC(C)[N+](C)(C)C. The number of rotatable bonds is 4. The fourth-order valence-corrected chi connectivity index (χ4v) is 0.544. The van der Waals surface area contributed by atoms with Crippen LogP contribution in [0.5, 0.6) is 0 Å². The molecule has 0 fully saturated rings. The molecule has 0 N–H and O–H groups in total. The summed E-state index contributed by atoms with van der Waals surface area (Å²) in [6.45, 7) is 4.40. The summed E-state index contributed by atoms with van der Waals surface area (Å²) in [5.74, 6) is -0.0148. The Hall–Kier alpha value is -0.590. The van der Waals surface area contributed by atoms with Crippen molar-refractivity contribution >= 4 is 0 Å². The average Bonchev–Trinajstić information content (AvgIpc) is 1.97. The lowest BCUT2D eigenvalue weighted by Crippen LogP contribution is -2.45. The first-order valence-electron chi connectivity index (χ1n) is 4.20. The predicted molar refractivity (Wildman–Crippen MR) is 48.2 cm³/mol. The van der Waals surface area contributed by atoms with E-state index in [2.05, 4.69) is 27.2 Å². The van der Waals surface area contributed by atoms with E-state index in [-0.39, 0.29) is 12.1 Å². The van der Waals surface area contributed by atoms with E-state index >= 15 is 0 Å². The van der Waals surface area contributed by atoms with Crippen LogP contribution in [0.25, 0.3) is 0 Å². The maximum absolute atomic E-state index is 8.52. The van der Waals surface area contributed by atoms with Crippen molar-refractivity contribution in [2.24, 2.45) is 5.92 Å². The Morgan fingerprint density at radius 3 is 2.17 bits per heavy atom. The third-order valence-electron chi connectivity index (χ3n) is 1.90. The molecule has 0 bridgehead atoms. The summed E-state index contributed by atoms with van der Waals surface area (Å²) >= 11 is 0. The maximum atomic E-state index is 8.52. The van der Waals surface area contributed by atoms with Crippen LogP contribution in [0, 0.1) is 17.2 Å². The normalized spacial score (nSPS) is 16.7. The van der Waals surface area contributed by atoms with Crippen molar-refractivity contribution < 1.29 is 9.22 Å². The number of hydrogen-bond acceptors (Lipinski definition) is 2. The van der Waals surface area contributed by atoms with Crippen molar-refractivity contribution in [1.82, 2.24) is 0 Å². The van der Waals surface area contributed by atoms with Crippen LogP contribution in [0.2, 0.25) is 0 Å². The molecule has 0 rings (SSSR count). The highest BCUT2D eigenvalue weighted by Gasteiger charge is 2.18. The van der Waals surface area contributed by atoms with Crippen LogP contribution in [0.4, 0.5) is 0 Å². The summed E-state index contributed by atoms with van der Waals surface area (Å²) in [5.41, 5.74) is 0. The van der Waals surface area contributed by atoms with E-state index in [4.69, 9.17) is 10.00 Å². The molecular weight excluding hydrogens is 152 g/mol. The van der Waals surface area contributed by atoms with E-state index < -0.39 is 0 Å². The van der Waals surface area contributed by atoms with Crippen LogP contribution < -0.4 is 0 Å². The second-order valence-electron chi connectivity index (χ2n) is 4.08. The summed E-state index contributed by atoms with van der Waals surface area (Å²) in [5, 5.41) is 8.52. The topological polar surface area (TPSA) is 33.0 Å². The van der Waals surface area contributed by atoms with Gasteiger partial charge in [-0.2, -0.15) is 5.26 Å². The third-order valence-corrected chi connectivity index (χ3v) is 1.90. The van der Waals surface area contributed by atoms with E-state index in [1.54, 1.807) is 0 Å². The fraction of sp³-hybridized carbons (Fsp3) is 0.889. The number of quaternary nitrogens is 1. The van der Waals surface area contributed by atoms with E-state index in [0.717, 1.165) is 4.48 Å². The van der Waals surface area contributed by atoms with Crippen molar-refractivity contribution in [2.75, 3.05) is 27.7 Å². The molecule has 2 atom stereocenters. The number of ether oxygens (including phenoxy) is 1. The molecule has 0 heterocycles. The first-order valence-corrected chi connectivity index (χ1v) is 4.20. The Morgan fingerprint density at radius 2 is 1.83 bits per heavy atom. The second kappa shape index (κ2) is 4.44. The van der Waals surface area contributed by atoms with Crippen molar-refractivity contribution in [2.45, 2.75) is 20.1 Å². The Kier molecular flexibility index (Phi) is 4.22. The standard InChI is InChI=1S/C9H19N2O/c1-8(6-10)7-12-9(2)11(3,4)5/h8-9H,7H2,1-5H3/q+1. The van der Waals surface area contributed by atoms with Crippen molar-refractivity contribution in [3.63, 3.8) is 0 Å². The highest BCUT2D eigenvalue weighted by molar-refractivity contribution is 4.77. The van der Waals surface area contributed by atoms with Crippen molar-refractivity contribution in [3.05, 3.63) is 0 Å². The van der Waals surface area contributed by atoms with Gasteiger partial charge in [0.25, 0.3) is 0 Å². The smallest absolute Gasteiger partial charge is 0.189 e. The van der Waals surface area contributed by atoms with Gasteiger partial charge in [0.1, 0.15) is 0 Å². The summed E-state index contributed by atoms with van der Waals surface area (Å²) in [6.07, 6.45) is 0.140. The number of hydrogen-bond donors (Lipinski definition) is 0. The van der Waals surface area contributed by atoms with Crippen LogP contribution in [-0.2, 0) is 4.74 Å². The molecule has 0 aromatic heterocycles. The molecule has 2 unspecified atom stereocenters. The quantitative estimate of drug-likeness (QED) is 0.470. The van der Waals surface area contributed by atoms with Crippen LogP contribution in [0.15, 0.2) is 0 Å². The maximum Gasteiger partial charge on any atom is 0.189 e. The average molecular weight is 171 g/mol. The van der Waals surface area contributed by atoms with Crippen LogP contribution in [0.1, 0.15) is 13.8 Å². The van der Waals surface area contributed by atoms with Gasteiger partial charge in [-0.15, -0.1) is 0 Å². The zero-order valence-corrected chi connectivity index (χ0v) is 8.66. The van der Waals surface area contributed by atoms with Crippen molar-refractivity contribution in [3.8, 4) is 6.07 Å². The van der Waals surface area contributed by atoms with E-state index in [1.165, 1.54) is 0 Å². The largest absolute Gasteiger partial charge is 0.328 e. The molecule has 0 aromatic carbocycles. The third kappa shape index (κ3) is 4.32. The molecule has 0 amide bonds. The van der Waals surface area contributed by atoms with E-state index in [9.17, 15) is 0 Å². The molecule has 3 nitrogen and oxygen atoms in total. The lowest BCUT2D eigenvalue weighted by Gasteiger charge is -2.31. The van der Waals surface area contributed by atoms with Gasteiger partial charge in [-0.1, -0.05) is 0 Å². The first kappa shape index (κ1) is 11.4. The lowest BCUT2D eigenvalue weighted by atomic mass is 10.2. The Balaban J connectivity index is 3.74. The minimum absolute atomic E-state index is 0.0148. The number of nitriles is 1. The predicted octanol–water partition coefficient (Wildman–Crippen LogP) is 1.21. The minimum atomic E-state index is -0.0148. The summed E-state index contributed by atoms with van der Waals surface area (Å²) in [6, 6.07) is 2.14. The van der Waals surface area contributed by atoms with Gasteiger partial charge < -0.3 is 9.22 Å². The van der Waals surface area contributed by atoms with Crippen molar-refractivity contribution in [1.29, 1.82) is 5.26 Å². The van der Waals surface area contributed by atoms with Crippen LogP contribution in [-0.4, -0.2) is 38.5 Å². The molecule has 12 heavy (non-hydrogen) atoms. The molecule has 0 aromatic rings. The van der Waals surface area contributed by atoms with Gasteiger partial charge in [0.05, 0.1) is 39.7 Å². The Labute approximate surface area is 75.1 Å². The molecule has 0 saturated carbocycles. The lowest BCUT2D eigenvalue weighted by molar-refractivity contribution is -0.917. The van der Waals surface area contributed by atoms with E-state index in [1.807, 2.05) is 13.8 Å². The molecule has 0 saturated heterocycles. The molecular formula is C9H19N2O+. The molecule has 0 aliphatic carbocycles. The Morgan fingerprint density at radius 1 is 1.33 bits per heavy atom. The zero-order valence-electron chi connectivity index (χ0n) is 8.66. The van der Waals surface area contributed by atoms with Gasteiger partial charge in [-0.05, 0) is 6.92 Å². The molecule has 0 radical (unpaired) electrons. The van der Waals surface area contributed by atoms with E-state index in [0.29, 0.717) is 6.61 Å². The first-order chi connectivity index (χ1) is 5.38. The molecule has 70 valence electrons.